The van der Waals surface area contributed by atoms with E-state index in [0.29, 0.717) is 12.4 Å². The van der Waals surface area contributed by atoms with Crippen molar-refractivity contribution < 1.29 is 18.7 Å². The first kappa shape index (κ1) is 18.2. The Bertz CT molecular complexity index is 968. The molecule has 0 bridgehead atoms. The molecule has 1 N–H and O–H groups in total. The maximum atomic E-state index is 12.4. The number of hydrogen-bond acceptors (Lipinski definition) is 7. The number of thiophene rings is 1. The van der Waals surface area contributed by atoms with Gasteiger partial charge in [0, 0.05) is 23.5 Å². The molecule has 2 amide bonds. The molecule has 3 aromatic rings. The van der Waals surface area contributed by atoms with Crippen molar-refractivity contribution in [3.05, 3.63) is 52.5 Å². The number of anilines is 2. The molecule has 3 heterocycles. The smallest absolute Gasteiger partial charge is 0.322 e. The minimum Gasteiger partial charge on any atom is -0.497 e. The molecule has 0 aliphatic carbocycles. The molecule has 0 saturated carbocycles. The monoisotopic (exact) mass is 398 g/mol. The van der Waals surface area contributed by atoms with E-state index >= 15 is 0 Å². The normalized spacial score (nSPS) is 16.4. The molecule has 1 aliphatic rings. The van der Waals surface area contributed by atoms with Gasteiger partial charge in [0.1, 0.15) is 5.75 Å². The fourth-order valence-electron chi connectivity index (χ4n) is 3.07. The summed E-state index contributed by atoms with van der Waals surface area (Å²) in [6, 6.07) is 11.1. The molecule has 144 valence electrons. The zero-order valence-corrected chi connectivity index (χ0v) is 15.9. The van der Waals surface area contributed by atoms with Crippen LogP contribution in [0.1, 0.15) is 23.1 Å². The summed E-state index contributed by atoms with van der Waals surface area (Å²) in [5.74, 6) is 0.615. The Morgan fingerprint density at radius 2 is 2.14 bits per heavy atom. The van der Waals surface area contributed by atoms with Crippen molar-refractivity contribution in [3.8, 4) is 5.75 Å². The van der Waals surface area contributed by atoms with Gasteiger partial charge in [0.2, 0.25) is 17.7 Å². The van der Waals surface area contributed by atoms with E-state index in [1.54, 1.807) is 12.0 Å². The van der Waals surface area contributed by atoms with Gasteiger partial charge in [0.25, 0.3) is 0 Å². The average molecular weight is 398 g/mol. The van der Waals surface area contributed by atoms with Crippen LogP contribution >= 0.6 is 11.3 Å². The van der Waals surface area contributed by atoms with E-state index in [-0.39, 0.29) is 36.6 Å². The second kappa shape index (κ2) is 7.81. The fourth-order valence-corrected chi connectivity index (χ4v) is 3.77. The van der Waals surface area contributed by atoms with Crippen molar-refractivity contribution in [2.45, 2.75) is 18.8 Å². The fraction of sp³-hybridized carbons (Fsp3) is 0.263. The maximum Gasteiger partial charge on any atom is 0.322 e. The van der Waals surface area contributed by atoms with E-state index < -0.39 is 0 Å². The van der Waals surface area contributed by atoms with Crippen LogP contribution in [0.4, 0.5) is 11.7 Å². The molecular weight excluding hydrogens is 380 g/mol. The van der Waals surface area contributed by atoms with Gasteiger partial charge in [0.15, 0.2) is 0 Å². The minimum absolute atomic E-state index is 0.0170. The van der Waals surface area contributed by atoms with Crippen molar-refractivity contribution in [1.82, 2.24) is 10.2 Å². The Morgan fingerprint density at radius 1 is 1.32 bits per heavy atom. The first-order chi connectivity index (χ1) is 13.6. The number of nitrogens with one attached hydrogen (secondary N) is 1. The van der Waals surface area contributed by atoms with Gasteiger partial charge in [-0.15, -0.1) is 16.4 Å². The van der Waals surface area contributed by atoms with E-state index in [1.807, 2.05) is 41.8 Å². The summed E-state index contributed by atoms with van der Waals surface area (Å²) in [5, 5.41) is 12.4. The molecule has 2 aromatic heterocycles. The highest BCUT2D eigenvalue weighted by atomic mass is 32.1. The van der Waals surface area contributed by atoms with E-state index in [2.05, 4.69) is 15.5 Å². The highest BCUT2D eigenvalue weighted by molar-refractivity contribution is 7.10. The molecule has 0 unspecified atom stereocenters. The SMILES string of the molecule is COc1ccc(N2C[C@@H](c3nnc(NC(=O)Cc4cccs4)o3)CC2=O)cc1. The number of rotatable bonds is 6. The zero-order chi connectivity index (χ0) is 19.5. The summed E-state index contributed by atoms with van der Waals surface area (Å²) < 4.78 is 10.7. The van der Waals surface area contributed by atoms with Gasteiger partial charge < -0.3 is 14.1 Å². The maximum absolute atomic E-state index is 12.4. The van der Waals surface area contributed by atoms with E-state index in [4.69, 9.17) is 9.15 Å². The summed E-state index contributed by atoms with van der Waals surface area (Å²) in [6.45, 7) is 0.440. The van der Waals surface area contributed by atoms with Crippen molar-refractivity contribution in [2.75, 3.05) is 23.9 Å². The van der Waals surface area contributed by atoms with E-state index in [0.717, 1.165) is 16.3 Å². The van der Waals surface area contributed by atoms with E-state index in [1.165, 1.54) is 11.3 Å². The highest BCUT2D eigenvalue weighted by Crippen LogP contribution is 2.32. The predicted octanol–water partition coefficient (Wildman–Crippen LogP) is 2.84. The Morgan fingerprint density at radius 3 is 2.86 bits per heavy atom. The lowest BCUT2D eigenvalue weighted by Crippen LogP contribution is -2.24. The molecule has 0 spiro atoms. The molecule has 0 radical (unpaired) electrons. The van der Waals surface area contributed by atoms with Gasteiger partial charge >= 0.3 is 6.01 Å². The van der Waals surface area contributed by atoms with E-state index in [9.17, 15) is 9.59 Å². The molecule has 1 saturated heterocycles. The van der Waals surface area contributed by atoms with Crippen molar-refractivity contribution in [2.24, 2.45) is 0 Å². The second-order valence-electron chi connectivity index (χ2n) is 6.35. The van der Waals surface area contributed by atoms with Crippen molar-refractivity contribution in [1.29, 1.82) is 0 Å². The van der Waals surface area contributed by atoms with Gasteiger partial charge in [-0.05, 0) is 35.7 Å². The lowest BCUT2D eigenvalue weighted by Gasteiger charge is -2.16. The van der Waals surface area contributed by atoms with Crippen LogP contribution in [-0.4, -0.2) is 35.7 Å². The molecule has 28 heavy (non-hydrogen) atoms. The number of hydrogen-bond donors (Lipinski definition) is 1. The predicted molar refractivity (Wildman–Crippen MR) is 104 cm³/mol. The summed E-state index contributed by atoms with van der Waals surface area (Å²) >= 11 is 1.51. The standard InChI is InChI=1S/C19H18N4O4S/c1-26-14-6-4-13(5-7-14)23-11-12(9-17(23)25)18-21-22-19(27-18)20-16(24)10-15-3-2-8-28-15/h2-8,12H,9-11H2,1H3,(H,20,22,24)/t12-/m0/s1. The van der Waals surface area contributed by atoms with Crippen LogP contribution in [0.2, 0.25) is 0 Å². The number of carbonyl (C=O) groups excluding carboxylic acids is 2. The average Bonchev–Trinajstić information content (AvgIpc) is 3.43. The van der Waals surface area contributed by atoms with Gasteiger partial charge in [0.05, 0.1) is 19.4 Å². The van der Waals surface area contributed by atoms with Crippen LogP contribution in [0, 0.1) is 0 Å². The summed E-state index contributed by atoms with van der Waals surface area (Å²) in [6.07, 6.45) is 0.527. The zero-order valence-electron chi connectivity index (χ0n) is 15.1. The van der Waals surface area contributed by atoms with Crippen LogP contribution in [0.15, 0.2) is 46.2 Å². The summed E-state index contributed by atoms with van der Waals surface area (Å²) in [7, 11) is 1.60. The molecule has 9 heteroatoms. The third kappa shape index (κ3) is 3.89. The number of nitrogens with zero attached hydrogens (tertiary/aromatic N) is 3. The van der Waals surface area contributed by atoms with Crippen LogP contribution in [0.25, 0.3) is 0 Å². The van der Waals surface area contributed by atoms with Crippen LogP contribution in [0.5, 0.6) is 5.75 Å². The van der Waals surface area contributed by atoms with Crippen LogP contribution in [-0.2, 0) is 16.0 Å². The van der Waals surface area contributed by atoms with Crippen LogP contribution in [0.3, 0.4) is 0 Å². The Balaban J connectivity index is 1.39. The number of amides is 2. The Hall–Kier alpha value is -3.20. The number of aromatic nitrogens is 2. The molecule has 1 fully saturated rings. The Labute approximate surface area is 165 Å². The quantitative estimate of drug-likeness (QED) is 0.686. The summed E-state index contributed by atoms with van der Waals surface area (Å²) in [4.78, 5) is 27.1. The van der Waals surface area contributed by atoms with Crippen molar-refractivity contribution in [3.63, 3.8) is 0 Å². The second-order valence-corrected chi connectivity index (χ2v) is 7.39. The third-order valence-corrected chi connectivity index (χ3v) is 5.34. The number of carbonyl (C=O) groups is 2. The molecule has 8 nitrogen and oxygen atoms in total. The topological polar surface area (TPSA) is 97.6 Å². The first-order valence-electron chi connectivity index (χ1n) is 8.72. The minimum atomic E-state index is -0.222. The molecule has 4 rings (SSSR count). The van der Waals surface area contributed by atoms with Gasteiger partial charge in [-0.3, -0.25) is 14.9 Å². The summed E-state index contributed by atoms with van der Waals surface area (Å²) in [5.41, 5.74) is 0.789. The third-order valence-electron chi connectivity index (χ3n) is 4.46. The highest BCUT2D eigenvalue weighted by Gasteiger charge is 2.35. The number of ether oxygens (including phenoxy) is 1. The van der Waals surface area contributed by atoms with Gasteiger partial charge in [-0.2, -0.15) is 0 Å². The molecule has 1 aliphatic heterocycles. The Kier molecular flexibility index (Phi) is 5.07. The largest absolute Gasteiger partial charge is 0.497 e. The lowest BCUT2D eigenvalue weighted by atomic mass is 10.1. The number of methoxy groups -OCH3 is 1. The molecular formula is C19H18N4O4S. The lowest BCUT2D eigenvalue weighted by molar-refractivity contribution is -0.117. The first-order valence-corrected chi connectivity index (χ1v) is 9.60. The van der Waals surface area contributed by atoms with Gasteiger partial charge in [-0.1, -0.05) is 11.2 Å². The molecule has 1 aromatic carbocycles. The van der Waals surface area contributed by atoms with Crippen LogP contribution < -0.4 is 15.0 Å². The molecule has 1 atom stereocenters. The van der Waals surface area contributed by atoms with Gasteiger partial charge in [-0.25, -0.2) is 0 Å². The number of benzene rings is 1. The van der Waals surface area contributed by atoms with Crippen molar-refractivity contribution >= 4 is 34.9 Å².